The first kappa shape index (κ1) is 20.6. The van der Waals surface area contributed by atoms with Crippen LogP contribution in [0.4, 0.5) is 18.9 Å². The number of ether oxygens (including phenoxy) is 1. The summed E-state index contributed by atoms with van der Waals surface area (Å²) in [6.07, 6.45) is -3.11. The topological polar surface area (TPSA) is 99.4 Å². The van der Waals surface area contributed by atoms with Gasteiger partial charge in [0.25, 0.3) is 5.69 Å². The Kier molecular flexibility index (Phi) is 5.76. The first-order valence-corrected chi connectivity index (χ1v) is 9.01. The second-order valence-corrected chi connectivity index (χ2v) is 7.48. The van der Waals surface area contributed by atoms with Gasteiger partial charge >= 0.3 is 6.18 Å². The van der Waals surface area contributed by atoms with E-state index in [4.69, 9.17) is 16.3 Å². The minimum absolute atomic E-state index is 0.211. The number of halogens is 4. The van der Waals surface area contributed by atoms with Crippen LogP contribution in [-0.4, -0.2) is 24.1 Å². The van der Waals surface area contributed by atoms with Crippen molar-refractivity contribution in [2.75, 3.05) is 5.75 Å². The first-order valence-electron chi connectivity index (χ1n) is 6.98. The predicted octanol–water partition coefficient (Wildman–Crippen LogP) is 4.41. The lowest BCUT2D eigenvalue weighted by atomic mass is 10.3. The Bertz CT molecular complexity index is 1010. The summed E-state index contributed by atoms with van der Waals surface area (Å²) in [6.45, 7) is 3.28. The molecule has 0 unspecified atom stereocenters. The van der Waals surface area contributed by atoms with Crippen LogP contribution in [0.25, 0.3) is 0 Å². The van der Waals surface area contributed by atoms with Gasteiger partial charge in [-0.05, 0) is 12.1 Å². The van der Waals surface area contributed by atoms with Crippen LogP contribution in [0, 0.1) is 10.1 Å². The number of hydrogen-bond acceptors (Lipinski definition) is 6. The molecule has 0 aliphatic heterocycles. The highest BCUT2D eigenvalue weighted by Gasteiger charge is 2.32. The van der Waals surface area contributed by atoms with E-state index in [0.717, 1.165) is 24.3 Å². The van der Waals surface area contributed by atoms with Crippen molar-refractivity contribution in [2.45, 2.75) is 11.1 Å². The van der Waals surface area contributed by atoms with E-state index in [-0.39, 0.29) is 5.75 Å². The molecule has 0 N–H and O–H groups in total. The molecule has 0 fully saturated rings. The number of aromatic nitrogens is 1. The normalized spacial score (nSPS) is 11.9. The molecule has 0 radical (unpaired) electrons. The Hall–Kier alpha value is -2.66. The van der Waals surface area contributed by atoms with E-state index in [1.165, 1.54) is 0 Å². The van der Waals surface area contributed by atoms with Crippen molar-refractivity contribution in [3.8, 4) is 11.6 Å². The van der Waals surface area contributed by atoms with Crippen LogP contribution in [0.2, 0.25) is 5.02 Å². The van der Waals surface area contributed by atoms with E-state index in [1.54, 1.807) is 0 Å². The number of alkyl halides is 3. The highest BCUT2D eigenvalue weighted by Crippen LogP contribution is 2.36. The number of sulfone groups is 1. The van der Waals surface area contributed by atoms with Gasteiger partial charge < -0.3 is 4.74 Å². The summed E-state index contributed by atoms with van der Waals surface area (Å²) in [6, 6.07) is 3.42. The minimum atomic E-state index is -4.66. The Labute approximate surface area is 156 Å². The van der Waals surface area contributed by atoms with Gasteiger partial charge in [0, 0.05) is 18.3 Å². The van der Waals surface area contributed by atoms with Crippen LogP contribution in [0.3, 0.4) is 0 Å². The maximum absolute atomic E-state index is 12.6. The number of nitro groups is 1. The Morgan fingerprint density at radius 2 is 2.00 bits per heavy atom. The zero-order valence-electron chi connectivity index (χ0n) is 13.2. The fourth-order valence-corrected chi connectivity index (χ4v) is 3.42. The number of pyridine rings is 1. The SMILES string of the molecule is C=CCS(=O)(=O)c1cc(Oc2ncc(C(F)(F)F)cc2Cl)ccc1[N+](=O)[O-]. The zero-order valence-corrected chi connectivity index (χ0v) is 14.8. The minimum Gasteiger partial charge on any atom is -0.437 e. The van der Waals surface area contributed by atoms with E-state index in [0.29, 0.717) is 12.3 Å². The Morgan fingerprint density at radius 1 is 1.33 bits per heavy atom. The average molecular weight is 423 g/mol. The van der Waals surface area contributed by atoms with Crippen molar-refractivity contribution in [2.24, 2.45) is 0 Å². The summed E-state index contributed by atoms with van der Waals surface area (Å²) in [7, 11) is -4.08. The third-order valence-electron chi connectivity index (χ3n) is 3.15. The number of nitro benzene ring substituents is 1. The molecule has 0 saturated carbocycles. The van der Waals surface area contributed by atoms with Gasteiger partial charge in [-0.15, -0.1) is 6.58 Å². The highest BCUT2D eigenvalue weighted by molar-refractivity contribution is 7.91. The monoisotopic (exact) mass is 422 g/mol. The molecule has 0 amide bonds. The molecular formula is C15H10ClF3N2O5S. The lowest BCUT2D eigenvalue weighted by molar-refractivity contribution is -0.387. The second-order valence-electron chi connectivity index (χ2n) is 5.07. The fourth-order valence-electron chi connectivity index (χ4n) is 1.97. The maximum Gasteiger partial charge on any atom is 0.417 e. The summed E-state index contributed by atoms with van der Waals surface area (Å²) in [5, 5.41) is 10.6. The Morgan fingerprint density at radius 3 is 2.52 bits per heavy atom. The molecule has 2 rings (SSSR count). The Balaban J connectivity index is 2.46. The summed E-state index contributed by atoms with van der Waals surface area (Å²) < 4.78 is 67.5. The van der Waals surface area contributed by atoms with Crippen LogP contribution in [-0.2, 0) is 16.0 Å². The van der Waals surface area contributed by atoms with Gasteiger partial charge in [0.1, 0.15) is 15.7 Å². The van der Waals surface area contributed by atoms with E-state index < -0.39 is 53.7 Å². The average Bonchev–Trinajstić information content (AvgIpc) is 2.55. The molecule has 0 spiro atoms. The zero-order chi connectivity index (χ0) is 20.4. The number of rotatable bonds is 6. The molecule has 7 nitrogen and oxygen atoms in total. The molecule has 1 heterocycles. The predicted molar refractivity (Wildman–Crippen MR) is 89.7 cm³/mol. The van der Waals surface area contributed by atoms with Crippen LogP contribution >= 0.6 is 11.6 Å². The molecule has 1 aromatic heterocycles. The van der Waals surface area contributed by atoms with Crippen molar-refractivity contribution < 1.29 is 31.2 Å². The third kappa shape index (κ3) is 4.74. The van der Waals surface area contributed by atoms with Gasteiger partial charge in [0.2, 0.25) is 5.88 Å². The van der Waals surface area contributed by atoms with Gasteiger partial charge in [0.15, 0.2) is 9.84 Å². The summed E-state index contributed by atoms with van der Waals surface area (Å²) in [5.74, 6) is -1.20. The van der Waals surface area contributed by atoms with Crippen LogP contribution < -0.4 is 4.74 Å². The summed E-state index contributed by atoms with van der Waals surface area (Å²) in [5.41, 5.74) is -1.78. The van der Waals surface area contributed by atoms with Gasteiger partial charge in [-0.3, -0.25) is 10.1 Å². The van der Waals surface area contributed by atoms with E-state index in [1.807, 2.05) is 0 Å². The van der Waals surface area contributed by atoms with Crippen molar-refractivity contribution >= 4 is 27.1 Å². The quantitative estimate of drug-likeness (QED) is 0.388. The van der Waals surface area contributed by atoms with Gasteiger partial charge in [0.05, 0.1) is 16.2 Å². The van der Waals surface area contributed by atoms with Crippen molar-refractivity contribution in [1.82, 2.24) is 4.98 Å². The number of hydrogen-bond donors (Lipinski definition) is 0. The van der Waals surface area contributed by atoms with Gasteiger partial charge in [-0.25, -0.2) is 13.4 Å². The standard InChI is InChI=1S/C15H10ClF3N2O5S/c1-2-5-27(24,25)13-7-10(3-4-12(13)21(22)23)26-14-11(16)6-9(8-20-14)15(17,18)19/h2-4,6-8H,1,5H2. The maximum atomic E-state index is 12.6. The molecule has 144 valence electrons. The van der Waals surface area contributed by atoms with Crippen molar-refractivity contribution in [3.63, 3.8) is 0 Å². The van der Waals surface area contributed by atoms with Crippen LogP contribution in [0.5, 0.6) is 11.6 Å². The molecule has 0 saturated heterocycles. The molecule has 0 aliphatic rings. The van der Waals surface area contributed by atoms with Crippen molar-refractivity contribution in [1.29, 1.82) is 0 Å². The molecule has 12 heteroatoms. The third-order valence-corrected chi connectivity index (χ3v) is 5.09. The molecule has 1 aromatic carbocycles. The van der Waals surface area contributed by atoms with E-state index in [2.05, 4.69) is 11.6 Å². The molecule has 27 heavy (non-hydrogen) atoms. The molecule has 2 aromatic rings. The largest absolute Gasteiger partial charge is 0.437 e. The highest BCUT2D eigenvalue weighted by atomic mass is 35.5. The van der Waals surface area contributed by atoms with Crippen molar-refractivity contribution in [3.05, 3.63) is 63.8 Å². The second kappa shape index (κ2) is 7.53. The molecule has 0 bridgehead atoms. The van der Waals surface area contributed by atoms with E-state index >= 15 is 0 Å². The number of nitrogens with zero attached hydrogens (tertiary/aromatic N) is 2. The smallest absolute Gasteiger partial charge is 0.417 e. The fraction of sp³-hybridized carbons (Fsp3) is 0.133. The van der Waals surface area contributed by atoms with Crippen LogP contribution in [0.1, 0.15) is 5.56 Å². The molecule has 0 aliphatic carbocycles. The molecule has 0 atom stereocenters. The van der Waals surface area contributed by atoms with Gasteiger partial charge in [-0.2, -0.15) is 13.2 Å². The van der Waals surface area contributed by atoms with E-state index in [9.17, 15) is 31.7 Å². The molecular weight excluding hydrogens is 413 g/mol. The van der Waals surface area contributed by atoms with Gasteiger partial charge in [-0.1, -0.05) is 17.7 Å². The van der Waals surface area contributed by atoms with Crippen LogP contribution in [0.15, 0.2) is 48.0 Å². The lowest BCUT2D eigenvalue weighted by Gasteiger charge is -2.11. The first-order chi connectivity index (χ1) is 12.5. The summed E-state index contributed by atoms with van der Waals surface area (Å²) in [4.78, 5) is 13.0. The summed E-state index contributed by atoms with van der Waals surface area (Å²) >= 11 is 5.72. The lowest BCUT2D eigenvalue weighted by Crippen LogP contribution is -2.08. The number of benzene rings is 1.